The topological polar surface area (TPSA) is 80.6 Å². The fourth-order valence-electron chi connectivity index (χ4n) is 2.72. The Kier molecular flexibility index (Phi) is 5.53. The predicted molar refractivity (Wildman–Crippen MR) is 111 cm³/mol. The number of nitrogens with one attached hydrogen (secondary N) is 2. The van der Waals surface area contributed by atoms with Gasteiger partial charge in [0.05, 0.1) is 24.2 Å². The zero-order chi connectivity index (χ0) is 20.2. The molecule has 2 aromatic carbocycles. The van der Waals surface area contributed by atoms with Crippen LogP contribution in [-0.4, -0.2) is 18.4 Å². The van der Waals surface area contributed by atoms with Crippen molar-refractivity contribution in [1.82, 2.24) is 0 Å². The lowest BCUT2D eigenvalue weighted by molar-refractivity contribution is 0.0993. The van der Waals surface area contributed by atoms with Crippen molar-refractivity contribution in [3.63, 3.8) is 0 Å². The van der Waals surface area contributed by atoms with Crippen LogP contribution in [-0.2, 0) is 0 Å². The lowest BCUT2D eigenvalue weighted by Gasteiger charge is -2.13. The number of rotatable bonds is 7. The monoisotopic (exact) mass is 410 g/mol. The molecule has 3 aromatic rings. The van der Waals surface area contributed by atoms with Gasteiger partial charge in [0.15, 0.2) is 5.76 Å². The molecule has 0 aliphatic heterocycles. The average molecular weight is 411 g/mol. The predicted octanol–water partition coefficient (Wildman–Crippen LogP) is 5.23. The van der Waals surface area contributed by atoms with Gasteiger partial charge in [-0.2, -0.15) is 0 Å². The van der Waals surface area contributed by atoms with Crippen molar-refractivity contribution < 1.29 is 18.7 Å². The van der Waals surface area contributed by atoms with Crippen LogP contribution in [0.15, 0.2) is 65.3 Å². The molecule has 0 radical (unpaired) electrons. The van der Waals surface area contributed by atoms with E-state index in [1.54, 1.807) is 54.6 Å². The summed E-state index contributed by atoms with van der Waals surface area (Å²) in [7, 11) is 0. The van der Waals surface area contributed by atoms with Crippen LogP contribution < -0.4 is 15.4 Å². The first kappa shape index (κ1) is 19.1. The molecule has 4 rings (SSSR count). The van der Waals surface area contributed by atoms with Crippen molar-refractivity contribution in [2.75, 3.05) is 17.2 Å². The van der Waals surface area contributed by atoms with Gasteiger partial charge < -0.3 is 19.8 Å². The van der Waals surface area contributed by atoms with Crippen LogP contribution in [0.25, 0.3) is 0 Å². The van der Waals surface area contributed by atoms with Crippen molar-refractivity contribution in [2.24, 2.45) is 5.92 Å². The lowest BCUT2D eigenvalue weighted by atomic mass is 10.2. The maximum atomic E-state index is 12.6. The molecular formula is C22H19ClN2O4. The molecule has 0 atom stereocenters. The molecule has 2 amide bonds. The zero-order valence-electron chi connectivity index (χ0n) is 15.5. The van der Waals surface area contributed by atoms with Gasteiger partial charge in [-0.05, 0) is 73.4 Å². The quantitative estimate of drug-likeness (QED) is 0.559. The Morgan fingerprint density at radius 3 is 2.45 bits per heavy atom. The van der Waals surface area contributed by atoms with Crippen molar-refractivity contribution in [3.05, 3.63) is 77.2 Å². The van der Waals surface area contributed by atoms with Gasteiger partial charge in [-0.15, -0.1) is 0 Å². The summed E-state index contributed by atoms with van der Waals surface area (Å²) < 4.78 is 10.8. The SMILES string of the molecule is O=C(Nc1ccc(Cl)cc1NC(=O)c1ccco1)c1ccc(OCC2CC2)cc1. The Bertz CT molecular complexity index is 1010. The van der Waals surface area contributed by atoms with Gasteiger partial charge in [0, 0.05) is 10.6 Å². The Hall–Kier alpha value is -3.25. The number of hydrogen-bond acceptors (Lipinski definition) is 4. The molecular weight excluding hydrogens is 392 g/mol. The van der Waals surface area contributed by atoms with Gasteiger partial charge in [-0.3, -0.25) is 9.59 Å². The molecule has 148 valence electrons. The molecule has 1 heterocycles. The highest BCUT2D eigenvalue weighted by molar-refractivity contribution is 6.31. The molecule has 0 unspecified atom stereocenters. The van der Waals surface area contributed by atoms with Crippen LogP contribution in [0.3, 0.4) is 0 Å². The van der Waals surface area contributed by atoms with E-state index >= 15 is 0 Å². The van der Waals surface area contributed by atoms with Gasteiger partial charge in [0.2, 0.25) is 0 Å². The summed E-state index contributed by atoms with van der Waals surface area (Å²) in [4.78, 5) is 24.9. The minimum Gasteiger partial charge on any atom is -0.493 e. The molecule has 1 saturated carbocycles. The number of furan rings is 1. The van der Waals surface area contributed by atoms with E-state index in [0.29, 0.717) is 27.9 Å². The normalized spacial score (nSPS) is 13.0. The number of halogens is 1. The maximum absolute atomic E-state index is 12.6. The first-order valence-electron chi connectivity index (χ1n) is 9.27. The second-order valence-electron chi connectivity index (χ2n) is 6.85. The summed E-state index contributed by atoms with van der Waals surface area (Å²) in [5.41, 5.74) is 1.27. The van der Waals surface area contributed by atoms with Crippen molar-refractivity contribution in [2.45, 2.75) is 12.8 Å². The van der Waals surface area contributed by atoms with Crippen LogP contribution in [0.2, 0.25) is 5.02 Å². The van der Waals surface area contributed by atoms with E-state index in [4.69, 9.17) is 20.8 Å². The Morgan fingerprint density at radius 1 is 1.00 bits per heavy atom. The molecule has 0 saturated heterocycles. The third-order valence-corrected chi connectivity index (χ3v) is 4.76. The molecule has 2 N–H and O–H groups in total. The lowest BCUT2D eigenvalue weighted by Crippen LogP contribution is -2.16. The minimum atomic E-state index is -0.440. The van der Waals surface area contributed by atoms with Gasteiger partial charge in [-0.1, -0.05) is 11.6 Å². The highest BCUT2D eigenvalue weighted by Gasteiger charge is 2.22. The summed E-state index contributed by atoms with van der Waals surface area (Å²) in [6, 6.07) is 15.0. The minimum absolute atomic E-state index is 0.157. The highest BCUT2D eigenvalue weighted by Crippen LogP contribution is 2.30. The summed E-state index contributed by atoms with van der Waals surface area (Å²) in [6.45, 7) is 0.717. The largest absolute Gasteiger partial charge is 0.493 e. The van der Waals surface area contributed by atoms with Gasteiger partial charge >= 0.3 is 0 Å². The average Bonchev–Trinajstić information content (AvgIpc) is 3.39. The summed E-state index contributed by atoms with van der Waals surface area (Å²) >= 11 is 6.05. The number of carbonyl (C=O) groups is 2. The van der Waals surface area contributed by atoms with Crippen molar-refractivity contribution in [3.8, 4) is 5.75 Å². The first-order valence-corrected chi connectivity index (χ1v) is 9.65. The van der Waals surface area contributed by atoms with E-state index in [-0.39, 0.29) is 11.7 Å². The number of ether oxygens (including phenoxy) is 1. The molecule has 0 bridgehead atoms. The van der Waals surface area contributed by atoms with E-state index in [2.05, 4.69) is 10.6 Å². The number of anilines is 2. The van der Waals surface area contributed by atoms with Crippen molar-refractivity contribution >= 4 is 34.8 Å². The van der Waals surface area contributed by atoms with E-state index in [9.17, 15) is 9.59 Å². The zero-order valence-corrected chi connectivity index (χ0v) is 16.2. The van der Waals surface area contributed by atoms with Crippen LogP contribution in [0, 0.1) is 5.92 Å². The molecule has 6 nitrogen and oxygen atoms in total. The molecule has 1 aromatic heterocycles. The summed E-state index contributed by atoms with van der Waals surface area (Å²) in [5, 5.41) is 5.93. The van der Waals surface area contributed by atoms with Crippen molar-refractivity contribution in [1.29, 1.82) is 0 Å². The highest BCUT2D eigenvalue weighted by atomic mass is 35.5. The number of hydrogen-bond donors (Lipinski definition) is 2. The summed E-state index contributed by atoms with van der Waals surface area (Å²) in [6.07, 6.45) is 3.86. The van der Waals surface area contributed by atoms with E-state index < -0.39 is 5.91 Å². The third kappa shape index (κ3) is 4.97. The Morgan fingerprint density at radius 2 is 1.76 bits per heavy atom. The van der Waals surface area contributed by atoms with E-state index in [0.717, 1.165) is 12.4 Å². The molecule has 1 fully saturated rings. The number of amides is 2. The van der Waals surface area contributed by atoms with Gasteiger partial charge in [0.1, 0.15) is 5.75 Å². The van der Waals surface area contributed by atoms with Gasteiger partial charge in [0.25, 0.3) is 11.8 Å². The fourth-order valence-corrected chi connectivity index (χ4v) is 2.89. The standard InChI is InChI=1S/C22H19ClN2O4/c23-16-7-10-18(19(12-16)25-22(27)20-2-1-11-28-20)24-21(26)15-5-8-17(9-6-15)29-13-14-3-4-14/h1-2,5-12,14H,3-4,13H2,(H,24,26)(H,25,27). The van der Waals surface area contributed by atoms with Crippen LogP contribution >= 0.6 is 11.6 Å². The smallest absolute Gasteiger partial charge is 0.291 e. The first-order chi connectivity index (χ1) is 14.1. The van der Waals surface area contributed by atoms with Gasteiger partial charge in [-0.25, -0.2) is 0 Å². The van der Waals surface area contributed by atoms with Crippen LogP contribution in [0.4, 0.5) is 11.4 Å². The van der Waals surface area contributed by atoms with E-state index in [1.807, 2.05) is 0 Å². The molecule has 1 aliphatic rings. The van der Waals surface area contributed by atoms with Crippen LogP contribution in [0.5, 0.6) is 5.75 Å². The molecule has 29 heavy (non-hydrogen) atoms. The fraction of sp³-hybridized carbons (Fsp3) is 0.182. The van der Waals surface area contributed by atoms with E-state index in [1.165, 1.54) is 19.1 Å². The molecule has 1 aliphatic carbocycles. The number of benzene rings is 2. The second-order valence-corrected chi connectivity index (χ2v) is 7.29. The number of carbonyl (C=O) groups excluding carboxylic acids is 2. The third-order valence-electron chi connectivity index (χ3n) is 4.52. The van der Waals surface area contributed by atoms with Crippen LogP contribution in [0.1, 0.15) is 33.8 Å². The maximum Gasteiger partial charge on any atom is 0.291 e. The molecule has 7 heteroatoms. The Balaban J connectivity index is 1.45. The second kappa shape index (κ2) is 8.41. The molecule has 0 spiro atoms. The Labute approximate surface area is 172 Å². The summed E-state index contributed by atoms with van der Waals surface area (Å²) in [5.74, 6) is 0.813.